The minimum atomic E-state index is -0.328. The largest absolute Gasteiger partial charge is 0.338 e. The van der Waals surface area contributed by atoms with Crippen LogP contribution in [0.3, 0.4) is 0 Å². The zero-order chi connectivity index (χ0) is 12.4. The smallest absolute Gasteiger partial charge is 0.253 e. The number of carbonyl (C=O) groups is 1. The number of nitrogens with zero attached hydrogens (tertiary/aromatic N) is 1. The minimum absolute atomic E-state index is 0.0974. The second-order valence-corrected chi connectivity index (χ2v) is 4.61. The molecule has 1 aliphatic rings. The Bertz CT molecular complexity index is 433. The van der Waals surface area contributed by atoms with E-state index in [4.69, 9.17) is 5.73 Å². The van der Waals surface area contributed by atoms with Crippen LogP contribution in [-0.2, 0) is 0 Å². The molecule has 1 heterocycles. The molecule has 0 aromatic heterocycles. The van der Waals surface area contributed by atoms with Crippen molar-refractivity contribution < 1.29 is 9.18 Å². The van der Waals surface area contributed by atoms with Crippen molar-refractivity contribution in [2.45, 2.75) is 13.3 Å². The Morgan fingerprint density at radius 3 is 2.94 bits per heavy atom. The van der Waals surface area contributed by atoms with Crippen LogP contribution in [0.25, 0.3) is 0 Å². The Kier molecular flexibility index (Phi) is 3.43. The van der Waals surface area contributed by atoms with Crippen LogP contribution in [0, 0.1) is 18.7 Å². The molecule has 0 radical (unpaired) electrons. The van der Waals surface area contributed by atoms with E-state index >= 15 is 0 Å². The van der Waals surface area contributed by atoms with Crippen LogP contribution in [0.15, 0.2) is 18.2 Å². The highest BCUT2D eigenvalue weighted by molar-refractivity contribution is 5.94. The molecule has 1 atom stereocenters. The monoisotopic (exact) mass is 236 g/mol. The molecule has 1 aromatic carbocycles. The van der Waals surface area contributed by atoms with Crippen LogP contribution < -0.4 is 5.73 Å². The Hall–Kier alpha value is -1.42. The Balaban J connectivity index is 2.12. The van der Waals surface area contributed by atoms with Gasteiger partial charge < -0.3 is 10.6 Å². The molecule has 0 bridgehead atoms. The van der Waals surface area contributed by atoms with Gasteiger partial charge in [0.2, 0.25) is 0 Å². The third kappa shape index (κ3) is 2.47. The summed E-state index contributed by atoms with van der Waals surface area (Å²) in [7, 11) is 0. The van der Waals surface area contributed by atoms with E-state index in [9.17, 15) is 9.18 Å². The maximum absolute atomic E-state index is 13.4. The number of carbonyl (C=O) groups excluding carboxylic acids is 1. The summed E-state index contributed by atoms with van der Waals surface area (Å²) in [6.07, 6.45) is 0.941. The van der Waals surface area contributed by atoms with E-state index in [0.717, 1.165) is 13.0 Å². The Morgan fingerprint density at radius 1 is 1.59 bits per heavy atom. The second kappa shape index (κ2) is 4.84. The van der Waals surface area contributed by atoms with Crippen LogP contribution in [-0.4, -0.2) is 30.4 Å². The topological polar surface area (TPSA) is 46.3 Å². The van der Waals surface area contributed by atoms with Crippen LogP contribution >= 0.6 is 0 Å². The lowest BCUT2D eigenvalue weighted by molar-refractivity contribution is 0.0787. The molecule has 1 amide bonds. The summed E-state index contributed by atoms with van der Waals surface area (Å²) in [5, 5.41) is 0. The van der Waals surface area contributed by atoms with Gasteiger partial charge in [-0.1, -0.05) is 6.07 Å². The van der Waals surface area contributed by atoms with Crippen LogP contribution in [0.5, 0.6) is 0 Å². The highest BCUT2D eigenvalue weighted by atomic mass is 19.1. The molecule has 1 aliphatic heterocycles. The van der Waals surface area contributed by atoms with Gasteiger partial charge in [0.25, 0.3) is 5.91 Å². The molecular weight excluding hydrogens is 219 g/mol. The fourth-order valence-corrected chi connectivity index (χ4v) is 2.12. The summed E-state index contributed by atoms with van der Waals surface area (Å²) in [6, 6.07) is 4.63. The lowest BCUT2D eigenvalue weighted by Gasteiger charge is -2.16. The van der Waals surface area contributed by atoms with Gasteiger partial charge in [0.05, 0.1) is 0 Å². The lowest BCUT2D eigenvalue weighted by atomic mass is 10.1. The van der Waals surface area contributed by atoms with Gasteiger partial charge in [-0.25, -0.2) is 4.39 Å². The van der Waals surface area contributed by atoms with Gasteiger partial charge in [-0.2, -0.15) is 0 Å². The average Bonchev–Trinajstić information content (AvgIpc) is 2.80. The zero-order valence-corrected chi connectivity index (χ0v) is 9.95. The van der Waals surface area contributed by atoms with Gasteiger partial charge in [0.1, 0.15) is 5.82 Å². The first kappa shape index (κ1) is 12.0. The third-order valence-electron chi connectivity index (χ3n) is 3.33. The van der Waals surface area contributed by atoms with Gasteiger partial charge >= 0.3 is 0 Å². The number of amides is 1. The van der Waals surface area contributed by atoms with Crippen molar-refractivity contribution in [3.05, 3.63) is 35.1 Å². The molecule has 1 unspecified atom stereocenters. The second-order valence-electron chi connectivity index (χ2n) is 4.61. The number of benzene rings is 1. The molecule has 1 fully saturated rings. The molecule has 1 saturated heterocycles. The first-order chi connectivity index (χ1) is 8.11. The van der Waals surface area contributed by atoms with Crippen molar-refractivity contribution in [2.75, 3.05) is 19.6 Å². The Morgan fingerprint density at radius 2 is 2.35 bits per heavy atom. The fourth-order valence-electron chi connectivity index (χ4n) is 2.12. The molecule has 1 aromatic rings. The summed E-state index contributed by atoms with van der Waals surface area (Å²) in [5.74, 6) is -0.0421. The molecule has 4 heteroatoms. The van der Waals surface area contributed by atoms with E-state index in [2.05, 4.69) is 0 Å². The predicted molar refractivity (Wildman–Crippen MR) is 64.2 cm³/mol. The van der Waals surface area contributed by atoms with E-state index in [1.807, 2.05) is 0 Å². The van der Waals surface area contributed by atoms with Crippen molar-refractivity contribution >= 4 is 5.91 Å². The van der Waals surface area contributed by atoms with Crippen molar-refractivity contribution in [3.63, 3.8) is 0 Å². The van der Waals surface area contributed by atoms with Crippen molar-refractivity contribution in [1.29, 1.82) is 0 Å². The number of halogens is 1. The van der Waals surface area contributed by atoms with Crippen LogP contribution in [0.1, 0.15) is 22.3 Å². The van der Waals surface area contributed by atoms with Crippen molar-refractivity contribution in [1.82, 2.24) is 4.90 Å². The summed E-state index contributed by atoms with van der Waals surface area (Å²) in [6.45, 7) is 3.69. The summed E-state index contributed by atoms with van der Waals surface area (Å²) >= 11 is 0. The van der Waals surface area contributed by atoms with Gasteiger partial charge in [0.15, 0.2) is 0 Å². The van der Waals surface area contributed by atoms with E-state index < -0.39 is 0 Å². The highest BCUT2D eigenvalue weighted by Crippen LogP contribution is 2.18. The number of rotatable bonds is 2. The first-order valence-corrected chi connectivity index (χ1v) is 5.87. The SMILES string of the molecule is Cc1ccc(C(=O)N2CCC(CN)C2)cc1F. The van der Waals surface area contributed by atoms with Gasteiger partial charge in [-0.15, -0.1) is 0 Å². The molecule has 0 saturated carbocycles. The number of likely N-dealkylation sites (tertiary alicyclic amines) is 1. The number of nitrogens with two attached hydrogens (primary N) is 1. The fraction of sp³-hybridized carbons (Fsp3) is 0.462. The lowest BCUT2D eigenvalue weighted by Crippen LogP contribution is -2.29. The van der Waals surface area contributed by atoms with Crippen molar-refractivity contribution in [3.8, 4) is 0 Å². The normalized spacial score (nSPS) is 19.7. The van der Waals surface area contributed by atoms with Gasteiger partial charge in [0, 0.05) is 18.7 Å². The predicted octanol–water partition coefficient (Wildman–Crippen LogP) is 1.55. The minimum Gasteiger partial charge on any atom is -0.338 e. The maximum Gasteiger partial charge on any atom is 0.253 e. The molecule has 3 nitrogen and oxygen atoms in total. The molecule has 0 spiro atoms. The quantitative estimate of drug-likeness (QED) is 0.847. The van der Waals surface area contributed by atoms with Crippen LogP contribution in [0.2, 0.25) is 0 Å². The van der Waals surface area contributed by atoms with E-state index in [0.29, 0.717) is 30.1 Å². The summed E-state index contributed by atoms with van der Waals surface area (Å²) in [5.41, 5.74) is 6.56. The van der Waals surface area contributed by atoms with Gasteiger partial charge in [-0.05, 0) is 43.5 Å². The highest BCUT2D eigenvalue weighted by Gasteiger charge is 2.26. The first-order valence-electron chi connectivity index (χ1n) is 5.87. The zero-order valence-electron chi connectivity index (χ0n) is 9.95. The number of hydrogen-bond donors (Lipinski definition) is 1. The molecular formula is C13H17FN2O. The van der Waals surface area contributed by atoms with Gasteiger partial charge in [-0.3, -0.25) is 4.79 Å². The molecule has 17 heavy (non-hydrogen) atoms. The summed E-state index contributed by atoms with van der Waals surface area (Å²) in [4.78, 5) is 13.8. The van der Waals surface area contributed by atoms with Crippen LogP contribution in [0.4, 0.5) is 4.39 Å². The Labute approximate surface area is 100 Å². The molecule has 92 valence electrons. The van der Waals surface area contributed by atoms with E-state index in [1.165, 1.54) is 6.07 Å². The summed E-state index contributed by atoms with van der Waals surface area (Å²) < 4.78 is 13.4. The standard InChI is InChI=1S/C13H17FN2O/c1-9-2-3-11(6-12(9)14)13(17)16-5-4-10(7-15)8-16/h2-3,6,10H,4-5,7-8,15H2,1H3. The molecule has 0 aliphatic carbocycles. The van der Waals surface area contributed by atoms with E-state index in [-0.39, 0.29) is 11.7 Å². The van der Waals surface area contributed by atoms with Crippen molar-refractivity contribution in [2.24, 2.45) is 11.7 Å². The van der Waals surface area contributed by atoms with E-state index in [1.54, 1.807) is 24.0 Å². The molecule has 2 rings (SSSR count). The maximum atomic E-state index is 13.4. The number of hydrogen-bond acceptors (Lipinski definition) is 2. The average molecular weight is 236 g/mol. The number of aryl methyl sites for hydroxylation is 1. The molecule has 2 N–H and O–H groups in total. The third-order valence-corrected chi connectivity index (χ3v) is 3.33.